The summed E-state index contributed by atoms with van der Waals surface area (Å²) in [6, 6.07) is 4.11. The number of anilines is 1. The van der Waals surface area contributed by atoms with Crippen LogP contribution in [0.1, 0.15) is 18.9 Å². The van der Waals surface area contributed by atoms with Crippen molar-refractivity contribution in [2.45, 2.75) is 25.9 Å². The molecule has 2 rings (SSSR count). The molecule has 1 saturated heterocycles. The van der Waals surface area contributed by atoms with E-state index in [0.29, 0.717) is 11.7 Å². The standard InChI is InChI=1S/C12H19N3O/c1-9-4-5-15(11(9)8-16)7-10-2-3-12(13)14-6-10/h2-3,6,9,11,16H,4-5,7-8H2,1H3,(H2,13,14). The number of hydrogen-bond acceptors (Lipinski definition) is 4. The Bertz CT molecular complexity index is 339. The zero-order valence-electron chi connectivity index (χ0n) is 9.63. The van der Waals surface area contributed by atoms with Crippen LogP contribution in [0.3, 0.4) is 0 Å². The minimum atomic E-state index is 0.240. The van der Waals surface area contributed by atoms with Gasteiger partial charge in [0.2, 0.25) is 0 Å². The van der Waals surface area contributed by atoms with Gasteiger partial charge in [-0.2, -0.15) is 0 Å². The predicted molar refractivity (Wildman–Crippen MR) is 63.7 cm³/mol. The molecule has 2 heterocycles. The van der Waals surface area contributed by atoms with Crippen molar-refractivity contribution < 1.29 is 5.11 Å². The molecule has 1 aromatic rings. The van der Waals surface area contributed by atoms with Crippen LogP contribution >= 0.6 is 0 Å². The summed E-state index contributed by atoms with van der Waals surface area (Å²) in [5.41, 5.74) is 6.70. The van der Waals surface area contributed by atoms with Crippen LogP contribution in [-0.2, 0) is 6.54 Å². The average molecular weight is 221 g/mol. The van der Waals surface area contributed by atoms with Crippen LogP contribution in [-0.4, -0.2) is 34.2 Å². The number of pyridine rings is 1. The molecule has 2 atom stereocenters. The second kappa shape index (κ2) is 4.80. The van der Waals surface area contributed by atoms with Gasteiger partial charge in [0.15, 0.2) is 0 Å². The first-order valence-electron chi connectivity index (χ1n) is 5.76. The maximum absolute atomic E-state index is 9.35. The van der Waals surface area contributed by atoms with Crippen molar-refractivity contribution in [3.8, 4) is 0 Å². The van der Waals surface area contributed by atoms with Crippen LogP contribution in [0.2, 0.25) is 0 Å². The zero-order valence-corrected chi connectivity index (χ0v) is 9.63. The summed E-state index contributed by atoms with van der Waals surface area (Å²) < 4.78 is 0. The maximum Gasteiger partial charge on any atom is 0.123 e. The van der Waals surface area contributed by atoms with Gasteiger partial charge in [-0.15, -0.1) is 0 Å². The van der Waals surface area contributed by atoms with Gasteiger partial charge in [-0.1, -0.05) is 13.0 Å². The normalized spacial score (nSPS) is 26.1. The molecule has 4 heteroatoms. The molecule has 0 spiro atoms. The molecule has 1 aliphatic heterocycles. The Morgan fingerprint density at radius 3 is 3.00 bits per heavy atom. The van der Waals surface area contributed by atoms with Crippen molar-refractivity contribution in [3.63, 3.8) is 0 Å². The molecule has 1 aromatic heterocycles. The van der Waals surface area contributed by atoms with Crippen molar-refractivity contribution in [1.82, 2.24) is 9.88 Å². The Balaban J connectivity index is 2.01. The summed E-state index contributed by atoms with van der Waals surface area (Å²) in [6.07, 6.45) is 2.97. The molecule has 0 saturated carbocycles. The molecular weight excluding hydrogens is 202 g/mol. The summed E-state index contributed by atoms with van der Waals surface area (Å²) in [5.74, 6) is 1.13. The van der Waals surface area contributed by atoms with E-state index >= 15 is 0 Å². The minimum absolute atomic E-state index is 0.240. The third-order valence-electron chi connectivity index (χ3n) is 3.42. The molecule has 0 aromatic carbocycles. The summed E-state index contributed by atoms with van der Waals surface area (Å²) in [4.78, 5) is 6.40. The average Bonchev–Trinajstić information content (AvgIpc) is 2.63. The highest BCUT2D eigenvalue weighted by molar-refractivity contribution is 5.29. The Kier molecular flexibility index (Phi) is 3.41. The van der Waals surface area contributed by atoms with Crippen molar-refractivity contribution in [1.29, 1.82) is 0 Å². The van der Waals surface area contributed by atoms with Crippen LogP contribution in [0.5, 0.6) is 0 Å². The van der Waals surface area contributed by atoms with Crippen LogP contribution in [0, 0.1) is 5.92 Å². The second-order valence-electron chi connectivity index (χ2n) is 4.58. The molecule has 3 N–H and O–H groups in total. The first kappa shape index (κ1) is 11.4. The summed E-state index contributed by atoms with van der Waals surface area (Å²) >= 11 is 0. The first-order valence-corrected chi connectivity index (χ1v) is 5.76. The molecule has 0 bridgehead atoms. The van der Waals surface area contributed by atoms with Crippen LogP contribution in [0.15, 0.2) is 18.3 Å². The molecule has 1 aliphatic rings. The van der Waals surface area contributed by atoms with Crippen LogP contribution in [0.4, 0.5) is 5.82 Å². The summed E-state index contributed by atoms with van der Waals surface area (Å²) in [6.45, 7) is 4.34. The lowest BCUT2D eigenvalue weighted by Crippen LogP contribution is -2.34. The van der Waals surface area contributed by atoms with Crippen LogP contribution in [0.25, 0.3) is 0 Å². The monoisotopic (exact) mass is 221 g/mol. The maximum atomic E-state index is 9.35. The van der Waals surface area contributed by atoms with Crippen LogP contribution < -0.4 is 5.73 Å². The Hall–Kier alpha value is -1.13. The Labute approximate surface area is 96.1 Å². The van der Waals surface area contributed by atoms with Gasteiger partial charge >= 0.3 is 0 Å². The topological polar surface area (TPSA) is 62.4 Å². The number of aromatic nitrogens is 1. The van der Waals surface area contributed by atoms with E-state index in [1.165, 1.54) is 0 Å². The number of likely N-dealkylation sites (tertiary alicyclic amines) is 1. The fraction of sp³-hybridized carbons (Fsp3) is 0.583. The zero-order chi connectivity index (χ0) is 11.5. The van der Waals surface area contributed by atoms with Gasteiger partial charge in [-0.3, -0.25) is 4.90 Å². The number of nitrogens with two attached hydrogens (primary N) is 1. The number of aliphatic hydroxyl groups is 1. The van der Waals surface area contributed by atoms with Crippen molar-refractivity contribution in [2.24, 2.45) is 5.92 Å². The minimum Gasteiger partial charge on any atom is -0.395 e. The fourth-order valence-corrected chi connectivity index (χ4v) is 2.34. The molecule has 0 radical (unpaired) electrons. The lowest BCUT2D eigenvalue weighted by molar-refractivity contribution is 0.134. The van der Waals surface area contributed by atoms with Gasteiger partial charge < -0.3 is 10.8 Å². The highest BCUT2D eigenvalue weighted by atomic mass is 16.3. The first-order chi connectivity index (χ1) is 7.70. The largest absolute Gasteiger partial charge is 0.395 e. The van der Waals surface area contributed by atoms with Gasteiger partial charge in [0.05, 0.1) is 6.61 Å². The molecule has 2 unspecified atom stereocenters. The van der Waals surface area contributed by atoms with E-state index in [1.54, 1.807) is 0 Å². The third-order valence-corrected chi connectivity index (χ3v) is 3.42. The van der Waals surface area contributed by atoms with Gasteiger partial charge in [0.1, 0.15) is 5.82 Å². The lowest BCUT2D eigenvalue weighted by atomic mass is 10.0. The summed E-state index contributed by atoms with van der Waals surface area (Å²) in [5, 5.41) is 9.35. The number of rotatable bonds is 3. The third kappa shape index (κ3) is 2.33. The quantitative estimate of drug-likeness (QED) is 0.795. The fourth-order valence-electron chi connectivity index (χ4n) is 2.34. The number of nitrogens with zero attached hydrogens (tertiary/aromatic N) is 2. The second-order valence-corrected chi connectivity index (χ2v) is 4.58. The summed E-state index contributed by atoms with van der Waals surface area (Å²) in [7, 11) is 0. The molecule has 16 heavy (non-hydrogen) atoms. The SMILES string of the molecule is CC1CCN(Cc2ccc(N)nc2)C1CO. The predicted octanol–water partition coefficient (Wildman–Crippen LogP) is 0.867. The highest BCUT2D eigenvalue weighted by Gasteiger charge is 2.30. The Morgan fingerprint density at radius 1 is 1.56 bits per heavy atom. The van der Waals surface area contributed by atoms with Gasteiger partial charge in [-0.25, -0.2) is 4.98 Å². The van der Waals surface area contributed by atoms with E-state index < -0.39 is 0 Å². The van der Waals surface area contributed by atoms with Crippen molar-refractivity contribution in [2.75, 3.05) is 18.9 Å². The molecule has 4 nitrogen and oxygen atoms in total. The highest BCUT2D eigenvalue weighted by Crippen LogP contribution is 2.25. The number of nitrogen functional groups attached to an aromatic ring is 1. The number of aliphatic hydroxyl groups excluding tert-OH is 1. The molecule has 0 amide bonds. The van der Waals surface area contributed by atoms with E-state index in [2.05, 4.69) is 16.8 Å². The van der Waals surface area contributed by atoms with Gasteiger partial charge in [0.25, 0.3) is 0 Å². The number of hydrogen-bond donors (Lipinski definition) is 2. The van der Waals surface area contributed by atoms with E-state index in [4.69, 9.17) is 5.73 Å². The van der Waals surface area contributed by atoms with E-state index in [0.717, 1.165) is 25.1 Å². The molecule has 88 valence electrons. The van der Waals surface area contributed by atoms with E-state index in [9.17, 15) is 5.11 Å². The van der Waals surface area contributed by atoms with Gasteiger partial charge in [-0.05, 0) is 30.5 Å². The Morgan fingerprint density at radius 2 is 2.38 bits per heavy atom. The van der Waals surface area contributed by atoms with E-state index in [1.807, 2.05) is 18.3 Å². The smallest absolute Gasteiger partial charge is 0.123 e. The lowest BCUT2D eigenvalue weighted by Gasteiger charge is -2.24. The van der Waals surface area contributed by atoms with Crippen molar-refractivity contribution >= 4 is 5.82 Å². The molecule has 1 fully saturated rings. The van der Waals surface area contributed by atoms with Crippen molar-refractivity contribution in [3.05, 3.63) is 23.9 Å². The molecule has 0 aliphatic carbocycles. The van der Waals surface area contributed by atoms with E-state index in [-0.39, 0.29) is 12.6 Å². The van der Waals surface area contributed by atoms with Gasteiger partial charge in [0, 0.05) is 18.8 Å². The molecular formula is C12H19N3O.